The molecule has 0 aromatic carbocycles. The van der Waals surface area contributed by atoms with E-state index in [1.807, 2.05) is 12.4 Å². The van der Waals surface area contributed by atoms with Crippen LogP contribution in [0.4, 0.5) is 0 Å². The highest BCUT2D eigenvalue weighted by Gasteiger charge is 2.13. The normalized spacial score (nSPS) is 12.6. The average Bonchev–Trinajstić information content (AvgIpc) is 2.85. The Labute approximate surface area is 100 Å². The number of hydrogen-bond donors (Lipinski definition) is 1. The molecule has 2 aromatic rings. The SMILES string of the molecule is CCCNC(c1ccncc1)c1cccs1. The first-order chi connectivity index (χ1) is 7.92. The molecule has 0 spiro atoms. The van der Waals surface area contributed by atoms with Crippen LogP contribution in [-0.2, 0) is 0 Å². The fraction of sp³-hybridized carbons (Fsp3) is 0.308. The van der Waals surface area contributed by atoms with Gasteiger partial charge in [-0.1, -0.05) is 13.0 Å². The highest BCUT2D eigenvalue weighted by molar-refractivity contribution is 7.10. The van der Waals surface area contributed by atoms with E-state index in [1.54, 1.807) is 11.3 Å². The molecule has 2 aromatic heterocycles. The predicted molar refractivity (Wildman–Crippen MR) is 68.7 cm³/mol. The predicted octanol–water partition coefficient (Wildman–Crippen LogP) is 3.23. The molecule has 3 heteroatoms. The zero-order valence-corrected chi connectivity index (χ0v) is 10.2. The number of pyridine rings is 1. The molecule has 0 aliphatic heterocycles. The van der Waals surface area contributed by atoms with Crippen LogP contribution in [0.1, 0.15) is 29.8 Å². The van der Waals surface area contributed by atoms with Gasteiger partial charge >= 0.3 is 0 Å². The molecule has 1 atom stereocenters. The molecule has 1 unspecified atom stereocenters. The van der Waals surface area contributed by atoms with Gasteiger partial charge in [-0.25, -0.2) is 0 Å². The minimum Gasteiger partial charge on any atom is -0.306 e. The minimum absolute atomic E-state index is 0.308. The monoisotopic (exact) mass is 232 g/mol. The van der Waals surface area contributed by atoms with Crippen molar-refractivity contribution < 1.29 is 0 Å². The van der Waals surface area contributed by atoms with Crippen molar-refractivity contribution in [3.8, 4) is 0 Å². The van der Waals surface area contributed by atoms with Gasteiger partial charge in [0.15, 0.2) is 0 Å². The number of nitrogens with one attached hydrogen (secondary N) is 1. The number of rotatable bonds is 5. The molecule has 0 bridgehead atoms. The lowest BCUT2D eigenvalue weighted by atomic mass is 10.1. The molecule has 0 aliphatic carbocycles. The molecule has 0 radical (unpaired) electrons. The van der Waals surface area contributed by atoms with Gasteiger partial charge in [-0.15, -0.1) is 11.3 Å². The molecule has 0 saturated heterocycles. The zero-order valence-electron chi connectivity index (χ0n) is 9.39. The van der Waals surface area contributed by atoms with Crippen LogP contribution in [0.2, 0.25) is 0 Å². The van der Waals surface area contributed by atoms with Crippen molar-refractivity contribution in [2.24, 2.45) is 0 Å². The van der Waals surface area contributed by atoms with Crippen LogP contribution in [0.25, 0.3) is 0 Å². The van der Waals surface area contributed by atoms with Crippen LogP contribution < -0.4 is 5.32 Å². The molecule has 0 fully saturated rings. The summed E-state index contributed by atoms with van der Waals surface area (Å²) in [6.07, 6.45) is 4.85. The van der Waals surface area contributed by atoms with Crippen LogP contribution in [-0.4, -0.2) is 11.5 Å². The van der Waals surface area contributed by atoms with E-state index in [9.17, 15) is 0 Å². The summed E-state index contributed by atoms with van der Waals surface area (Å²) in [5.74, 6) is 0. The van der Waals surface area contributed by atoms with Crippen LogP contribution in [0.3, 0.4) is 0 Å². The van der Waals surface area contributed by atoms with E-state index < -0.39 is 0 Å². The van der Waals surface area contributed by atoms with Gasteiger partial charge in [-0.2, -0.15) is 0 Å². The van der Waals surface area contributed by atoms with Crippen LogP contribution in [0.5, 0.6) is 0 Å². The minimum atomic E-state index is 0.308. The number of hydrogen-bond acceptors (Lipinski definition) is 3. The third-order valence-corrected chi connectivity index (χ3v) is 3.40. The van der Waals surface area contributed by atoms with Crippen molar-refractivity contribution >= 4 is 11.3 Å². The number of nitrogens with zero attached hydrogens (tertiary/aromatic N) is 1. The van der Waals surface area contributed by atoms with E-state index in [4.69, 9.17) is 0 Å². The van der Waals surface area contributed by atoms with Crippen molar-refractivity contribution in [1.82, 2.24) is 10.3 Å². The van der Waals surface area contributed by atoms with E-state index >= 15 is 0 Å². The lowest BCUT2D eigenvalue weighted by Crippen LogP contribution is -2.22. The molecular formula is C13H16N2S. The highest BCUT2D eigenvalue weighted by Crippen LogP contribution is 2.25. The second-order valence-electron chi connectivity index (χ2n) is 3.68. The fourth-order valence-electron chi connectivity index (χ4n) is 1.68. The number of thiophene rings is 1. The van der Waals surface area contributed by atoms with Gasteiger partial charge in [0.25, 0.3) is 0 Å². The molecule has 2 nitrogen and oxygen atoms in total. The van der Waals surface area contributed by atoms with Gasteiger partial charge in [-0.05, 0) is 42.1 Å². The van der Waals surface area contributed by atoms with E-state index in [2.05, 4.69) is 46.9 Å². The van der Waals surface area contributed by atoms with Crippen LogP contribution >= 0.6 is 11.3 Å². The Hall–Kier alpha value is -1.19. The third-order valence-electron chi connectivity index (χ3n) is 2.47. The first-order valence-electron chi connectivity index (χ1n) is 5.58. The molecule has 0 amide bonds. The van der Waals surface area contributed by atoms with Gasteiger partial charge in [-0.3, -0.25) is 4.98 Å². The maximum atomic E-state index is 4.07. The summed E-state index contributed by atoms with van der Waals surface area (Å²) in [5, 5.41) is 5.69. The quantitative estimate of drug-likeness (QED) is 0.856. The van der Waals surface area contributed by atoms with Crippen molar-refractivity contribution in [2.45, 2.75) is 19.4 Å². The molecule has 84 valence electrons. The Morgan fingerprint density at radius 3 is 2.75 bits per heavy atom. The summed E-state index contributed by atoms with van der Waals surface area (Å²) in [7, 11) is 0. The topological polar surface area (TPSA) is 24.9 Å². The summed E-state index contributed by atoms with van der Waals surface area (Å²) in [4.78, 5) is 5.43. The maximum Gasteiger partial charge on any atom is 0.0672 e. The zero-order chi connectivity index (χ0) is 11.2. The third kappa shape index (κ3) is 2.68. The lowest BCUT2D eigenvalue weighted by molar-refractivity contribution is 0.605. The van der Waals surface area contributed by atoms with Gasteiger partial charge in [0.2, 0.25) is 0 Å². The Bertz CT molecular complexity index is 397. The van der Waals surface area contributed by atoms with Gasteiger partial charge in [0, 0.05) is 17.3 Å². The standard InChI is InChI=1S/C13H16N2S/c1-2-7-15-13(12-4-3-10-16-12)11-5-8-14-9-6-11/h3-6,8-10,13,15H,2,7H2,1H3. The van der Waals surface area contributed by atoms with Crippen molar-refractivity contribution in [3.05, 3.63) is 52.5 Å². The van der Waals surface area contributed by atoms with Crippen molar-refractivity contribution in [3.63, 3.8) is 0 Å². The highest BCUT2D eigenvalue weighted by atomic mass is 32.1. The summed E-state index contributed by atoms with van der Waals surface area (Å²) in [5.41, 5.74) is 1.28. The van der Waals surface area contributed by atoms with E-state index in [0.29, 0.717) is 6.04 Å². The Balaban J connectivity index is 2.21. The second kappa shape index (κ2) is 5.77. The largest absolute Gasteiger partial charge is 0.306 e. The molecule has 2 rings (SSSR count). The first kappa shape index (κ1) is 11.3. The molecule has 16 heavy (non-hydrogen) atoms. The van der Waals surface area contributed by atoms with Crippen molar-refractivity contribution in [2.75, 3.05) is 6.54 Å². The van der Waals surface area contributed by atoms with Crippen molar-refractivity contribution in [1.29, 1.82) is 0 Å². The molecule has 0 saturated carbocycles. The van der Waals surface area contributed by atoms with Crippen LogP contribution in [0.15, 0.2) is 42.0 Å². The molecule has 2 heterocycles. The van der Waals surface area contributed by atoms with E-state index in [1.165, 1.54) is 10.4 Å². The average molecular weight is 232 g/mol. The summed E-state index contributed by atoms with van der Waals surface area (Å²) >= 11 is 1.79. The summed E-state index contributed by atoms with van der Waals surface area (Å²) < 4.78 is 0. The summed E-state index contributed by atoms with van der Waals surface area (Å²) in [6.45, 7) is 3.22. The van der Waals surface area contributed by atoms with Crippen LogP contribution in [0, 0.1) is 0 Å². The molecular weight excluding hydrogens is 216 g/mol. The van der Waals surface area contributed by atoms with Gasteiger partial charge < -0.3 is 5.32 Å². The van der Waals surface area contributed by atoms with Gasteiger partial charge in [0.05, 0.1) is 6.04 Å². The Kier molecular flexibility index (Phi) is 4.08. The number of aromatic nitrogens is 1. The lowest BCUT2D eigenvalue weighted by Gasteiger charge is -2.17. The maximum absolute atomic E-state index is 4.07. The Morgan fingerprint density at radius 2 is 2.12 bits per heavy atom. The Morgan fingerprint density at radius 1 is 1.31 bits per heavy atom. The second-order valence-corrected chi connectivity index (χ2v) is 4.66. The smallest absolute Gasteiger partial charge is 0.0672 e. The fourth-order valence-corrected chi connectivity index (χ4v) is 2.51. The van der Waals surface area contributed by atoms with E-state index in [0.717, 1.165) is 13.0 Å². The van der Waals surface area contributed by atoms with E-state index in [-0.39, 0.29) is 0 Å². The molecule has 1 N–H and O–H groups in total. The van der Waals surface area contributed by atoms with Gasteiger partial charge in [0.1, 0.15) is 0 Å². The molecule has 0 aliphatic rings. The summed E-state index contributed by atoms with van der Waals surface area (Å²) in [6, 6.07) is 8.74. The first-order valence-corrected chi connectivity index (χ1v) is 6.46.